The van der Waals surface area contributed by atoms with Crippen LogP contribution in [-0.2, 0) is 14.3 Å². The lowest BCUT2D eigenvalue weighted by Gasteiger charge is -2.09. The minimum absolute atomic E-state index is 0.0455. The lowest BCUT2D eigenvalue weighted by Crippen LogP contribution is -2.24. The third kappa shape index (κ3) is 6.96. The van der Waals surface area contributed by atoms with Gasteiger partial charge in [-0.1, -0.05) is 18.2 Å². The van der Waals surface area contributed by atoms with Crippen LogP contribution in [0.2, 0.25) is 0 Å². The summed E-state index contributed by atoms with van der Waals surface area (Å²) in [7, 11) is 1.37. The highest BCUT2D eigenvalue weighted by Crippen LogP contribution is 2.29. The third-order valence-electron chi connectivity index (χ3n) is 4.20. The van der Waals surface area contributed by atoms with Crippen molar-refractivity contribution in [3.8, 4) is 23.0 Å². The topological polar surface area (TPSA) is 126 Å². The molecule has 10 nitrogen and oxygen atoms in total. The molecule has 0 heterocycles. The Labute approximate surface area is 188 Å². The second-order valence-corrected chi connectivity index (χ2v) is 6.52. The molecule has 3 aromatic carbocycles. The Morgan fingerprint density at radius 1 is 0.879 bits per heavy atom. The van der Waals surface area contributed by atoms with Gasteiger partial charge in [-0.3, -0.25) is 14.9 Å². The normalized spacial score (nSPS) is 10.1. The Kier molecular flexibility index (Phi) is 7.79. The van der Waals surface area contributed by atoms with E-state index in [9.17, 15) is 19.7 Å². The Hall–Kier alpha value is -4.60. The molecule has 0 bridgehead atoms. The first kappa shape index (κ1) is 23.1. The van der Waals surface area contributed by atoms with Gasteiger partial charge >= 0.3 is 5.97 Å². The van der Waals surface area contributed by atoms with E-state index in [1.807, 2.05) is 30.3 Å². The largest absolute Gasteiger partial charge is 0.496 e. The van der Waals surface area contributed by atoms with Crippen LogP contribution in [0.4, 0.5) is 11.4 Å². The molecule has 0 saturated heterocycles. The van der Waals surface area contributed by atoms with Crippen molar-refractivity contribution in [3.63, 3.8) is 0 Å². The summed E-state index contributed by atoms with van der Waals surface area (Å²) in [5, 5.41) is 13.5. The minimum atomic E-state index is -0.779. The maximum absolute atomic E-state index is 12.0. The predicted octanol–water partition coefficient (Wildman–Crippen LogP) is 3.96. The molecule has 0 fully saturated rings. The number of esters is 1. The molecule has 0 aliphatic heterocycles. The minimum Gasteiger partial charge on any atom is -0.496 e. The maximum atomic E-state index is 12.0. The number of nitro benzene ring substituents is 1. The molecule has 0 saturated carbocycles. The van der Waals surface area contributed by atoms with Crippen molar-refractivity contribution in [2.45, 2.75) is 0 Å². The number of hydrogen-bond acceptors (Lipinski definition) is 8. The number of methoxy groups -OCH3 is 1. The smallest absolute Gasteiger partial charge is 0.344 e. The van der Waals surface area contributed by atoms with E-state index in [-0.39, 0.29) is 17.1 Å². The van der Waals surface area contributed by atoms with E-state index in [4.69, 9.17) is 18.9 Å². The van der Waals surface area contributed by atoms with Crippen LogP contribution >= 0.6 is 0 Å². The van der Waals surface area contributed by atoms with Crippen LogP contribution in [-0.4, -0.2) is 37.1 Å². The van der Waals surface area contributed by atoms with Crippen LogP contribution in [0.25, 0.3) is 0 Å². The lowest BCUT2D eigenvalue weighted by atomic mass is 10.2. The van der Waals surface area contributed by atoms with Gasteiger partial charge in [-0.05, 0) is 48.5 Å². The number of para-hydroxylation sites is 1. The average molecular weight is 452 g/mol. The van der Waals surface area contributed by atoms with Crippen LogP contribution in [0.5, 0.6) is 23.0 Å². The van der Waals surface area contributed by atoms with Gasteiger partial charge in [0.15, 0.2) is 13.2 Å². The van der Waals surface area contributed by atoms with Gasteiger partial charge in [0, 0.05) is 0 Å². The molecule has 0 radical (unpaired) electrons. The number of benzene rings is 3. The number of carbonyl (C=O) groups is 2. The summed E-state index contributed by atoms with van der Waals surface area (Å²) in [6.07, 6.45) is 0. The quantitative estimate of drug-likeness (QED) is 0.278. The van der Waals surface area contributed by atoms with Crippen LogP contribution in [0.1, 0.15) is 0 Å². The van der Waals surface area contributed by atoms with Crippen LogP contribution in [0.15, 0.2) is 72.8 Å². The summed E-state index contributed by atoms with van der Waals surface area (Å²) in [5.74, 6) is 0.444. The number of ether oxygens (including phenoxy) is 4. The van der Waals surface area contributed by atoms with Gasteiger partial charge in [0.2, 0.25) is 0 Å². The van der Waals surface area contributed by atoms with Crippen LogP contribution in [0, 0.1) is 10.1 Å². The molecule has 0 aliphatic carbocycles. The van der Waals surface area contributed by atoms with Gasteiger partial charge in [-0.15, -0.1) is 0 Å². The number of amides is 1. The molecule has 10 heteroatoms. The number of nitro groups is 1. The zero-order valence-electron chi connectivity index (χ0n) is 17.6. The second-order valence-electron chi connectivity index (χ2n) is 6.52. The summed E-state index contributed by atoms with van der Waals surface area (Å²) in [6.45, 7) is -1.05. The van der Waals surface area contributed by atoms with Crippen LogP contribution in [0.3, 0.4) is 0 Å². The fourth-order valence-electron chi connectivity index (χ4n) is 2.64. The number of nitrogens with one attached hydrogen (secondary N) is 1. The molecule has 170 valence electrons. The zero-order valence-corrected chi connectivity index (χ0v) is 17.6. The standard InChI is InChI=1S/C23H20N2O8/c1-30-19-11-12-20(21(13-19)25(28)29)24-22(26)14-32-23(27)15-31-16-7-9-18(10-8-16)33-17-5-3-2-4-6-17/h2-13H,14-15H2,1H3,(H,24,26). The highest BCUT2D eigenvalue weighted by Gasteiger charge is 2.18. The van der Waals surface area contributed by atoms with Crippen LogP contribution < -0.4 is 19.5 Å². The summed E-state index contributed by atoms with van der Waals surface area (Å²) in [4.78, 5) is 34.4. The second kappa shape index (κ2) is 11.1. The average Bonchev–Trinajstić information content (AvgIpc) is 2.83. The zero-order chi connectivity index (χ0) is 23.6. The Balaban J connectivity index is 1.44. The molecule has 3 rings (SSSR count). The van der Waals surface area contributed by atoms with Crippen molar-refractivity contribution in [1.82, 2.24) is 0 Å². The molecule has 0 unspecified atom stereocenters. The third-order valence-corrected chi connectivity index (χ3v) is 4.20. The summed E-state index contributed by atoms with van der Waals surface area (Å²) < 4.78 is 20.8. The maximum Gasteiger partial charge on any atom is 0.344 e. The Morgan fingerprint density at radius 2 is 1.52 bits per heavy atom. The number of rotatable bonds is 10. The van der Waals surface area contributed by atoms with Crippen molar-refractivity contribution in [3.05, 3.63) is 82.9 Å². The molecule has 33 heavy (non-hydrogen) atoms. The number of hydrogen-bond donors (Lipinski definition) is 1. The first-order valence-corrected chi connectivity index (χ1v) is 9.68. The van der Waals surface area contributed by atoms with E-state index in [2.05, 4.69) is 5.32 Å². The van der Waals surface area contributed by atoms with Gasteiger partial charge in [0.05, 0.1) is 18.1 Å². The fourth-order valence-corrected chi connectivity index (χ4v) is 2.64. The van der Waals surface area contributed by atoms with Gasteiger partial charge < -0.3 is 24.3 Å². The fraction of sp³-hybridized carbons (Fsp3) is 0.130. The van der Waals surface area contributed by atoms with Crippen molar-refractivity contribution < 1.29 is 33.5 Å². The predicted molar refractivity (Wildman–Crippen MR) is 118 cm³/mol. The van der Waals surface area contributed by atoms with Crippen molar-refractivity contribution in [2.24, 2.45) is 0 Å². The summed E-state index contributed by atoms with van der Waals surface area (Å²) in [5.41, 5.74) is -0.395. The molecular formula is C23H20N2O8. The number of carbonyl (C=O) groups excluding carboxylic acids is 2. The summed E-state index contributed by atoms with van der Waals surface area (Å²) in [6, 6.07) is 19.8. The first-order valence-electron chi connectivity index (χ1n) is 9.68. The Bertz CT molecular complexity index is 1120. The summed E-state index contributed by atoms with van der Waals surface area (Å²) >= 11 is 0. The van der Waals surface area contributed by atoms with Gasteiger partial charge in [0.1, 0.15) is 28.7 Å². The van der Waals surface area contributed by atoms with E-state index in [0.29, 0.717) is 17.2 Å². The van der Waals surface area contributed by atoms with E-state index in [0.717, 1.165) is 0 Å². The van der Waals surface area contributed by atoms with E-state index < -0.39 is 30.0 Å². The molecule has 0 aromatic heterocycles. The molecule has 1 N–H and O–H groups in total. The first-order chi connectivity index (χ1) is 15.9. The van der Waals surface area contributed by atoms with Crippen molar-refractivity contribution in [1.29, 1.82) is 0 Å². The van der Waals surface area contributed by atoms with Gasteiger partial charge in [0.25, 0.3) is 11.6 Å². The van der Waals surface area contributed by atoms with E-state index >= 15 is 0 Å². The number of nitrogens with zero attached hydrogens (tertiary/aromatic N) is 1. The number of anilines is 1. The van der Waals surface area contributed by atoms with Gasteiger partial charge in [-0.2, -0.15) is 0 Å². The van der Waals surface area contributed by atoms with E-state index in [1.165, 1.54) is 25.3 Å². The highest BCUT2D eigenvalue weighted by molar-refractivity contribution is 5.95. The van der Waals surface area contributed by atoms with Gasteiger partial charge in [-0.25, -0.2) is 4.79 Å². The molecule has 0 atom stereocenters. The highest BCUT2D eigenvalue weighted by atomic mass is 16.6. The van der Waals surface area contributed by atoms with Crippen molar-refractivity contribution >= 4 is 23.3 Å². The van der Waals surface area contributed by atoms with Crippen molar-refractivity contribution in [2.75, 3.05) is 25.6 Å². The molecule has 3 aromatic rings. The SMILES string of the molecule is COc1ccc(NC(=O)COC(=O)COc2ccc(Oc3ccccc3)cc2)c([N+](=O)[O-])c1. The molecular weight excluding hydrogens is 432 g/mol. The molecule has 0 spiro atoms. The molecule has 1 amide bonds. The lowest BCUT2D eigenvalue weighted by molar-refractivity contribution is -0.384. The Morgan fingerprint density at radius 3 is 2.18 bits per heavy atom. The monoisotopic (exact) mass is 452 g/mol. The molecule has 0 aliphatic rings. The van der Waals surface area contributed by atoms with E-state index in [1.54, 1.807) is 24.3 Å².